The van der Waals surface area contributed by atoms with Gasteiger partial charge in [0.1, 0.15) is 5.82 Å². The lowest BCUT2D eigenvalue weighted by atomic mass is 10.4. The van der Waals surface area contributed by atoms with Gasteiger partial charge in [0.2, 0.25) is 5.91 Å². The summed E-state index contributed by atoms with van der Waals surface area (Å²) >= 11 is 0. The average molecular weight is 168 g/mol. The van der Waals surface area contributed by atoms with Crippen LogP contribution in [0.25, 0.3) is 0 Å². The van der Waals surface area contributed by atoms with Gasteiger partial charge < -0.3 is 11.5 Å². The number of carbonyl (C=O) groups is 1. The summed E-state index contributed by atoms with van der Waals surface area (Å²) in [4.78, 5) is 11.2. The van der Waals surface area contributed by atoms with Crippen LogP contribution in [0.15, 0.2) is 6.07 Å². The fourth-order valence-corrected chi connectivity index (χ4v) is 0.949. The molecule has 0 aromatic carbocycles. The Morgan fingerprint density at radius 2 is 2.42 bits per heavy atom. The Morgan fingerprint density at radius 1 is 1.75 bits per heavy atom. The summed E-state index contributed by atoms with van der Waals surface area (Å²) in [5, 5.41) is 3.92. The van der Waals surface area contributed by atoms with E-state index in [-0.39, 0.29) is 12.3 Å². The molecule has 0 radical (unpaired) electrons. The van der Waals surface area contributed by atoms with Gasteiger partial charge in [-0.2, -0.15) is 9.78 Å². The first-order valence-corrected chi connectivity index (χ1v) is 3.70. The molecule has 0 aliphatic carbocycles. The zero-order valence-electron chi connectivity index (χ0n) is 6.95. The van der Waals surface area contributed by atoms with Crippen LogP contribution in [0.2, 0.25) is 0 Å². The van der Waals surface area contributed by atoms with Gasteiger partial charge in [0.25, 0.3) is 0 Å². The highest BCUT2D eigenvalue weighted by molar-refractivity contribution is 5.81. The zero-order valence-corrected chi connectivity index (χ0v) is 6.95. The number of nitrogens with two attached hydrogens (primary N) is 2. The number of carbonyl (C=O) groups excluding carboxylic acids is 1. The Balaban J connectivity index is 2.87. The van der Waals surface area contributed by atoms with E-state index in [9.17, 15) is 4.79 Å². The fourth-order valence-electron chi connectivity index (χ4n) is 0.949. The maximum Gasteiger partial charge on any atom is 0.250 e. The van der Waals surface area contributed by atoms with Crippen molar-refractivity contribution in [3.05, 3.63) is 11.8 Å². The van der Waals surface area contributed by atoms with E-state index in [2.05, 4.69) is 5.10 Å². The summed E-state index contributed by atoms with van der Waals surface area (Å²) in [5.74, 6) is 0.203. The molecule has 0 fully saturated rings. The molecule has 0 amide bonds. The molecule has 12 heavy (non-hydrogen) atoms. The van der Waals surface area contributed by atoms with E-state index in [1.807, 2.05) is 0 Å². The minimum absolute atomic E-state index is 0.164. The van der Waals surface area contributed by atoms with Crippen molar-refractivity contribution in [2.45, 2.75) is 13.3 Å². The fraction of sp³-hybridized carbons (Fsp3) is 0.429. The molecule has 0 bridgehead atoms. The first-order valence-electron chi connectivity index (χ1n) is 3.70. The van der Waals surface area contributed by atoms with E-state index in [4.69, 9.17) is 11.5 Å². The highest BCUT2D eigenvalue weighted by Gasteiger charge is 2.08. The van der Waals surface area contributed by atoms with Crippen molar-refractivity contribution in [1.82, 2.24) is 9.78 Å². The maximum absolute atomic E-state index is 11.2. The van der Waals surface area contributed by atoms with Crippen LogP contribution in [0.1, 0.15) is 16.9 Å². The number of aryl methyl sites for hydroxylation is 1. The molecule has 0 aliphatic rings. The van der Waals surface area contributed by atoms with Crippen LogP contribution in [-0.2, 0) is 0 Å². The average Bonchev–Trinajstić information content (AvgIpc) is 2.30. The Bertz CT molecular complexity index is 292. The van der Waals surface area contributed by atoms with Gasteiger partial charge in [-0.3, -0.25) is 4.79 Å². The monoisotopic (exact) mass is 168 g/mol. The molecule has 4 N–H and O–H groups in total. The third-order valence-electron chi connectivity index (χ3n) is 1.45. The molecular formula is C7H12N4O. The Hall–Kier alpha value is -1.36. The van der Waals surface area contributed by atoms with Gasteiger partial charge in [-0.25, -0.2) is 0 Å². The van der Waals surface area contributed by atoms with E-state index < -0.39 is 0 Å². The molecule has 0 saturated carbocycles. The number of nitrogens with zero attached hydrogens (tertiary/aromatic N) is 2. The van der Waals surface area contributed by atoms with Crippen LogP contribution in [0.4, 0.5) is 5.82 Å². The second-order valence-corrected chi connectivity index (χ2v) is 2.55. The molecule has 5 heteroatoms. The van der Waals surface area contributed by atoms with Crippen molar-refractivity contribution >= 4 is 11.7 Å². The molecule has 1 aromatic heterocycles. The highest BCUT2D eigenvalue weighted by atomic mass is 16.2. The van der Waals surface area contributed by atoms with Gasteiger partial charge in [0.15, 0.2) is 0 Å². The highest BCUT2D eigenvalue weighted by Crippen LogP contribution is 2.05. The van der Waals surface area contributed by atoms with Gasteiger partial charge >= 0.3 is 0 Å². The van der Waals surface area contributed by atoms with E-state index >= 15 is 0 Å². The summed E-state index contributed by atoms with van der Waals surface area (Å²) < 4.78 is 1.18. The van der Waals surface area contributed by atoms with Crippen LogP contribution in [0, 0.1) is 6.92 Å². The van der Waals surface area contributed by atoms with Crippen LogP contribution >= 0.6 is 0 Å². The molecule has 66 valence electrons. The maximum atomic E-state index is 11.2. The van der Waals surface area contributed by atoms with E-state index in [1.54, 1.807) is 13.0 Å². The second-order valence-electron chi connectivity index (χ2n) is 2.55. The Kier molecular flexibility index (Phi) is 2.44. The number of nitrogen functional groups attached to an aromatic ring is 1. The van der Waals surface area contributed by atoms with Crippen molar-refractivity contribution in [2.75, 3.05) is 12.3 Å². The molecule has 0 atom stereocenters. The summed E-state index contributed by atoms with van der Waals surface area (Å²) in [5.41, 5.74) is 11.5. The summed E-state index contributed by atoms with van der Waals surface area (Å²) in [6, 6.07) is 1.65. The minimum atomic E-state index is -0.164. The summed E-state index contributed by atoms with van der Waals surface area (Å²) in [6.07, 6.45) is 0.269. The lowest BCUT2D eigenvalue weighted by molar-refractivity contribution is 0.0892. The third kappa shape index (κ3) is 1.62. The smallest absolute Gasteiger partial charge is 0.250 e. The first-order chi connectivity index (χ1) is 5.65. The van der Waals surface area contributed by atoms with Gasteiger partial charge in [0.05, 0.1) is 5.69 Å². The topological polar surface area (TPSA) is 86.9 Å². The number of rotatable bonds is 2. The predicted molar refractivity (Wildman–Crippen MR) is 45.7 cm³/mol. The van der Waals surface area contributed by atoms with Gasteiger partial charge in [-0.1, -0.05) is 0 Å². The number of hydrogen-bond donors (Lipinski definition) is 2. The molecule has 1 rings (SSSR count). The summed E-state index contributed by atoms with van der Waals surface area (Å²) in [6.45, 7) is 2.10. The van der Waals surface area contributed by atoms with Gasteiger partial charge in [0, 0.05) is 19.0 Å². The van der Waals surface area contributed by atoms with Crippen LogP contribution in [0.3, 0.4) is 0 Å². The van der Waals surface area contributed by atoms with E-state index in [1.165, 1.54) is 4.68 Å². The lowest BCUT2D eigenvalue weighted by Crippen LogP contribution is -2.18. The normalized spacial score (nSPS) is 10.2. The van der Waals surface area contributed by atoms with Crippen molar-refractivity contribution in [2.24, 2.45) is 5.73 Å². The molecule has 1 heterocycles. The first kappa shape index (κ1) is 8.73. The molecule has 0 saturated heterocycles. The predicted octanol–water partition coefficient (Wildman–Crippen LogP) is -0.237. The number of aromatic nitrogens is 2. The van der Waals surface area contributed by atoms with Crippen LogP contribution in [-0.4, -0.2) is 22.2 Å². The number of hydrogen-bond acceptors (Lipinski definition) is 4. The largest absolute Gasteiger partial charge is 0.383 e. The van der Waals surface area contributed by atoms with E-state index in [0.717, 1.165) is 5.69 Å². The molecule has 5 nitrogen and oxygen atoms in total. The third-order valence-corrected chi connectivity index (χ3v) is 1.45. The minimum Gasteiger partial charge on any atom is -0.383 e. The SMILES string of the molecule is Cc1cc(N)n(C(=O)CCN)n1. The van der Waals surface area contributed by atoms with Gasteiger partial charge in [-0.15, -0.1) is 0 Å². The quantitative estimate of drug-likeness (QED) is 0.638. The van der Waals surface area contributed by atoms with Gasteiger partial charge in [-0.05, 0) is 6.92 Å². The molecule has 0 aliphatic heterocycles. The second kappa shape index (κ2) is 3.36. The van der Waals surface area contributed by atoms with Crippen LogP contribution in [0.5, 0.6) is 0 Å². The Morgan fingerprint density at radius 3 is 2.83 bits per heavy atom. The zero-order chi connectivity index (χ0) is 9.14. The van der Waals surface area contributed by atoms with Crippen molar-refractivity contribution < 1.29 is 4.79 Å². The van der Waals surface area contributed by atoms with E-state index in [0.29, 0.717) is 12.4 Å². The van der Waals surface area contributed by atoms with Crippen molar-refractivity contribution in [3.8, 4) is 0 Å². The molecule has 1 aromatic rings. The summed E-state index contributed by atoms with van der Waals surface area (Å²) in [7, 11) is 0. The number of anilines is 1. The standard InChI is InChI=1S/C7H12N4O/c1-5-4-6(9)11(10-5)7(12)2-3-8/h4H,2-3,8-9H2,1H3. The van der Waals surface area contributed by atoms with Crippen LogP contribution < -0.4 is 11.5 Å². The molecule has 0 spiro atoms. The molecular weight excluding hydrogens is 156 g/mol. The van der Waals surface area contributed by atoms with Crippen molar-refractivity contribution in [3.63, 3.8) is 0 Å². The Labute approximate surface area is 70.3 Å². The molecule has 0 unspecified atom stereocenters. The lowest BCUT2D eigenvalue weighted by Gasteiger charge is -1.99. The van der Waals surface area contributed by atoms with Crippen molar-refractivity contribution in [1.29, 1.82) is 0 Å².